The third-order valence-electron chi connectivity index (χ3n) is 3.41. The van der Waals surface area contributed by atoms with Crippen LogP contribution in [0.5, 0.6) is 0 Å². The minimum absolute atomic E-state index is 0.114. The number of hydrogen-bond acceptors (Lipinski definition) is 5. The summed E-state index contributed by atoms with van der Waals surface area (Å²) in [6.45, 7) is 0.429. The number of carbonyl (C=O) groups is 1. The second-order valence-electron chi connectivity index (χ2n) is 5.33. The standard InChI is InChI=1S/C17H15Cl2N5OS/c18-11-4-6-13(7-5-11)21-9-16-22-23-17(26-10-15(20)25)24(16)14-3-1-2-12(19)8-14/h1-8,21H,9-10H2,(H2,20,25). The van der Waals surface area contributed by atoms with Gasteiger partial charge in [-0.25, -0.2) is 0 Å². The Labute approximate surface area is 164 Å². The van der Waals surface area contributed by atoms with Crippen LogP contribution >= 0.6 is 35.0 Å². The Morgan fingerprint density at radius 1 is 1.12 bits per heavy atom. The van der Waals surface area contributed by atoms with Gasteiger partial charge in [0.1, 0.15) is 0 Å². The summed E-state index contributed by atoms with van der Waals surface area (Å²) in [5.41, 5.74) is 6.96. The van der Waals surface area contributed by atoms with Gasteiger partial charge in [0.15, 0.2) is 11.0 Å². The fourth-order valence-corrected chi connectivity index (χ4v) is 3.29. The van der Waals surface area contributed by atoms with Crippen LogP contribution in [0.25, 0.3) is 5.69 Å². The van der Waals surface area contributed by atoms with Gasteiger partial charge in [0, 0.05) is 15.7 Å². The first kappa shape index (κ1) is 18.6. The van der Waals surface area contributed by atoms with Crippen LogP contribution in [0.15, 0.2) is 53.7 Å². The molecule has 1 amide bonds. The largest absolute Gasteiger partial charge is 0.378 e. The van der Waals surface area contributed by atoms with Gasteiger partial charge in [-0.05, 0) is 42.5 Å². The average Bonchev–Trinajstić information content (AvgIpc) is 3.02. The van der Waals surface area contributed by atoms with Gasteiger partial charge in [-0.1, -0.05) is 41.0 Å². The molecule has 0 fully saturated rings. The van der Waals surface area contributed by atoms with Crippen molar-refractivity contribution in [1.82, 2.24) is 14.8 Å². The van der Waals surface area contributed by atoms with Crippen molar-refractivity contribution in [3.8, 4) is 5.69 Å². The molecule has 0 atom stereocenters. The molecule has 3 rings (SSSR count). The maximum absolute atomic E-state index is 11.1. The molecule has 1 aromatic heterocycles. The Kier molecular flexibility index (Phi) is 6.03. The number of aromatic nitrogens is 3. The van der Waals surface area contributed by atoms with Crippen molar-refractivity contribution in [1.29, 1.82) is 0 Å². The number of amides is 1. The Morgan fingerprint density at radius 3 is 2.58 bits per heavy atom. The topological polar surface area (TPSA) is 85.8 Å². The van der Waals surface area contributed by atoms with E-state index in [1.165, 1.54) is 11.8 Å². The van der Waals surface area contributed by atoms with Crippen LogP contribution in [0.1, 0.15) is 5.82 Å². The highest BCUT2D eigenvalue weighted by Gasteiger charge is 2.15. The van der Waals surface area contributed by atoms with Gasteiger partial charge >= 0.3 is 0 Å². The molecule has 0 saturated heterocycles. The van der Waals surface area contributed by atoms with Gasteiger partial charge in [0.05, 0.1) is 18.0 Å². The normalized spacial score (nSPS) is 10.7. The molecule has 0 radical (unpaired) electrons. The SMILES string of the molecule is NC(=O)CSc1nnc(CNc2ccc(Cl)cc2)n1-c1cccc(Cl)c1. The first-order valence-electron chi connectivity index (χ1n) is 7.63. The summed E-state index contributed by atoms with van der Waals surface area (Å²) in [6.07, 6.45) is 0. The highest BCUT2D eigenvalue weighted by atomic mass is 35.5. The van der Waals surface area contributed by atoms with Crippen LogP contribution in [0.4, 0.5) is 5.69 Å². The van der Waals surface area contributed by atoms with Crippen molar-refractivity contribution in [3.63, 3.8) is 0 Å². The van der Waals surface area contributed by atoms with Crippen LogP contribution < -0.4 is 11.1 Å². The van der Waals surface area contributed by atoms with Gasteiger partial charge in [-0.3, -0.25) is 9.36 Å². The quantitative estimate of drug-likeness (QED) is 0.582. The molecule has 3 aromatic rings. The lowest BCUT2D eigenvalue weighted by Crippen LogP contribution is -2.14. The summed E-state index contributed by atoms with van der Waals surface area (Å²) in [7, 11) is 0. The van der Waals surface area contributed by atoms with Gasteiger partial charge in [-0.15, -0.1) is 10.2 Å². The molecule has 2 aromatic carbocycles. The Morgan fingerprint density at radius 2 is 1.88 bits per heavy atom. The van der Waals surface area contributed by atoms with E-state index in [4.69, 9.17) is 28.9 Å². The summed E-state index contributed by atoms with van der Waals surface area (Å²) in [4.78, 5) is 11.1. The molecule has 0 saturated carbocycles. The number of rotatable bonds is 7. The summed E-state index contributed by atoms with van der Waals surface area (Å²) in [6, 6.07) is 14.7. The number of benzene rings is 2. The van der Waals surface area contributed by atoms with E-state index in [0.29, 0.717) is 27.6 Å². The maximum atomic E-state index is 11.1. The number of primary amides is 1. The lowest BCUT2D eigenvalue weighted by Gasteiger charge is -2.11. The predicted molar refractivity (Wildman–Crippen MR) is 105 cm³/mol. The van der Waals surface area contributed by atoms with E-state index in [0.717, 1.165) is 11.4 Å². The van der Waals surface area contributed by atoms with E-state index in [9.17, 15) is 4.79 Å². The highest BCUT2D eigenvalue weighted by Crippen LogP contribution is 2.24. The van der Waals surface area contributed by atoms with Gasteiger partial charge in [0.25, 0.3) is 0 Å². The van der Waals surface area contributed by atoms with Crippen LogP contribution in [-0.4, -0.2) is 26.4 Å². The number of carbonyl (C=O) groups excluding carboxylic acids is 1. The molecule has 0 unspecified atom stereocenters. The number of thioether (sulfide) groups is 1. The van der Waals surface area contributed by atoms with Crippen molar-refractivity contribution in [2.75, 3.05) is 11.1 Å². The number of hydrogen-bond donors (Lipinski definition) is 2. The van der Waals surface area contributed by atoms with E-state index in [2.05, 4.69) is 15.5 Å². The molecule has 3 N–H and O–H groups in total. The number of halogens is 2. The van der Waals surface area contributed by atoms with Crippen molar-refractivity contribution < 1.29 is 4.79 Å². The molecule has 0 spiro atoms. The van der Waals surface area contributed by atoms with E-state index in [1.807, 2.05) is 34.9 Å². The van der Waals surface area contributed by atoms with Crippen molar-refractivity contribution in [3.05, 3.63) is 64.4 Å². The second-order valence-corrected chi connectivity index (χ2v) is 7.14. The number of nitrogens with two attached hydrogens (primary N) is 1. The molecule has 6 nitrogen and oxygen atoms in total. The lowest BCUT2D eigenvalue weighted by atomic mass is 10.3. The molecule has 134 valence electrons. The van der Waals surface area contributed by atoms with Crippen molar-refractivity contribution in [2.24, 2.45) is 5.73 Å². The number of nitrogens with one attached hydrogen (secondary N) is 1. The molecule has 0 aliphatic carbocycles. The Hall–Kier alpha value is -2.22. The molecule has 0 aliphatic rings. The monoisotopic (exact) mass is 407 g/mol. The first-order chi connectivity index (χ1) is 12.5. The second kappa shape index (κ2) is 8.44. The Balaban J connectivity index is 1.88. The van der Waals surface area contributed by atoms with E-state index >= 15 is 0 Å². The maximum Gasteiger partial charge on any atom is 0.227 e. The van der Waals surface area contributed by atoms with Gasteiger partial charge < -0.3 is 11.1 Å². The molecule has 0 aliphatic heterocycles. The zero-order chi connectivity index (χ0) is 18.5. The average molecular weight is 408 g/mol. The van der Waals surface area contributed by atoms with Crippen molar-refractivity contribution >= 4 is 46.6 Å². The van der Waals surface area contributed by atoms with E-state index in [-0.39, 0.29) is 5.75 Å². The van der Waals surface area contributed by atoms with Gasteiger partial charge in [0.2, 0.25) is 5.91 Å². The van der Waals surface area contributed by atoms with Crippen molar-refractivity contribution in [2.45, 2.75) is 11.7 Å². The van der Waals surface area contributed by atoms with Crippen LogP contribution in [0, 0.1) is 0 Å². The van der Waals surface area contributed by atoms with Crippen LogP contribution in [0.3, 0.4) is 0 Å². The van der Waals surface area contributed by atoms with Crippen LogP contribution in [-0.2, 0) is 11.3 Å². The minimum atomic E-state index is -0.420. The highest BCUT2D eigenvalue weighted by molar-refractivity contribution is 7.99. The number of anilines is 1. The molecular weight excluding hydrogens is 393 g/mol. The molecule has 1 heterocycles. The lowest BCUT2D eigenvalue weighted by molar-refractivity contribution is -0.115. The fraction of sp³-hybridized carbons (Fsp3) is 0.118. The van der Waals surface area contributed by atoms with Gasteiger partial charge in [-0.2, -0.15) is 0 Å². The zero-order valence-corrected chi connectivity index (χ0v) is 15.9. The smallest absolute Gasteiger partial charge is 0.227 e. The molecule has 26 heavy (non-hydrogen) atoms. The summed E-state index contributed by atoms with van der Waals surface area (Å²) < 4.78 is 1.85. The minimum Gasteiger partial charge on any atom is -0.378 e. The first-order valence-corrected chi connectivity index (χ1v) is 9.38. The predicted octanol–water partition coefficient (Wildman–Crippen LogP) is 3.76. The summed E-state index contributed by atoms with van der Waals surface area (Å²) in [5, 5.41) is 13.5. The fourth-order valence-electron chi connectivity index (χ4n) is 2.27. The Bertz CT molecular complexity index is 914. The van der Waals surface area contributed by atoms with E-state index < -0.39 is 5.91 Å². The molecule has 9 heteroatoms. The van der Waals surface area contributed by atoms with E-state index in [1.54, 1.807) is 18.2 Å². The third kappa shape index (κ3) is 4.69. The summed E-state index contributed by atoms with van der Waals surface area (Å²) >= 11 is 13.3. The zero-order valence-electron chi connectivity index (χ0n) is 13.5. The molecule has 0 bridgehead atoms. The third-order valence-corrected chi connectivity index (χ3v) is 4.84. The number of nitrogens with zero attached hydrogens (tertiary/aromatic N) is 3. The molecular formula is C17H15Cl2N5OS. The van der Waals surface area contributed by atoms with Crippen LogP contribution in [0.2, 0.25) is 10.0 Å². The summed E-state index contributed by atoms with van der Waals surface area (Å²) in [5.74, 6) is 0.370.